The van der Waals surface area contributed by atoms with Crippen LogP contribution in [0.15, 0.2) is 12.5 Å². The van der Waals surface area contributed by atoms with Crippen LogP contribution in [0.25, 0.3) is 5.65 Å². The molecule has 0 amide bonds. The molecule has 1 saturated heterocycles. The fourth-order valence-electron chi connectivity index (χ4n) is 2.35. The summed E-state index contributed by atoms with van der Waals surface area (Å²) < 4.78 is 6.87. The average Bonchev–Trinajstić information content (AvgIpc) is 3.01. The van der Waals surface area contributed by atoms with E-state index in [1.54, 1.807) is 0 Å². The topological polar surface area (TPSA) is 136 Å². The zero-order valence-electron chi connectivity index (χ0n) is 10.4. The highest BCUT2D eigenvalue weighted by Gasteiger charge is 2.49. The SMILES string of the molecule is Nc1ncnc2c([C@H]3C[C@H](O)[C@@](C=O)(CO)O3)cnn12. The molecule has 1 aliphatic heterocycles. The van der Waals surface area contributed by atoms with Gasteiger partial charge in [0.05, 0.1) is 25.0 Å². The number of carbonyl (C=O) groups is 1. The minimum Gasteiger partial charge on any atom is -0.393 e. The molecule has 0 bridgehead atoms. The monoisotopic (exact) mass is 279 g/mol. The second-order valence-electron chi connectivity index (χ2n) is 4.66. The van der Waals surface area contributed by atoms with Gasteiger partial charge >= 0.3 is 0 Å². The molecule has 1 fully saturated rings. The zero-order valence-corrected chi connectivity index (χ0v) is 10.4. The van der Waals surface area contributed by atoms with E-state index < -0.39 is 24.4 Å². The highest BCUT2D eigenvalue weighted by molar-refractivity contribution is 5.65. The van der Waals surface area contributed by atoms with Crippen LogP contribution < -0.4 is 5.73 Å². The predicted octanol–water partition coefficient (Wildman–Crippen LogP) is -1.54. The van der Waals surface area contributed by atoms with Gasteiger partial charge < -0.3 is 20.7 Å². The van der Waals surface area contributed by atoms with Crippen molar-refractivity contribution in [2.45, 2.75) is 24.2 Å². The Kier molecular flexibility index (Phi) is 2.89. The van der Waals surface area contributed by atoms with Crippen LogP contribution >= 0.6 is 0 Å². The summed E-state index contributed by atoms with van der Waals surface area (Å²) >= 11 is 0. The number of aliphatic hydroxyl groups excluding tert-OH is 2. The van der Waals surface area contributed by atoms with Crippen molar-refractivity contribution in [3.63, 3.8) is 0 Å². The number of hydrogen-bond acceptors (Lipinski definition) is 8. The number of rotatable bonds is 3. The van der Waals surface area contributed by atoms with E-state index in [0.29, 0.717) is 17.5 Å². The van der Waals surface area contributed by atoms with Gasteiger partial charge in [-0.2, -0.15) is 9.61 Å². The summed E-state index contributed by atoms with van der Waals surface area (Å²) in [6.07, 6.45) is 1.67. The number of hydrogen-bond donors (Lipinski definition) is 3. The minimum absolute atomic E-state index is 0.157. The number of nitrogens with zero attached hydrogens (tertiary/aromatic N) is 4. The van der Waals surface area contributed by atoms with Crippen LogP contribution in [0, 0.1) is 0 Å². The largest absolute Gasteiger partial charge is 0.393 e. The van der Waals surface area contributed by atoms with Crippen molar-refractivity contribution in [3.05, 3.63) is 18.1 Å². The average molecular weight is 279 g/mol. The Morgan fingerprint density at radius 2 is 2.40 bits per heavy atom. The van der Waals surface area contributed by atoms with Crippen LogP contribution in [-0.4, -0.2) is 54.4 Å². The number of nitrogen functional groups attached to an aromatic ring is 1. The van der Waals surface area contributed by atoms with Gasteiger partial charge in [0.1, 0.15) is 6.33 Å². The van der Waals surface area contributed by atoms with E-state index in [1.165, 1.54) is 17.0 Å². The van der Waals surface area contributed by atoms with Crippen molar-refractivity contribution in [1.29, 1.82) is 0 Å². The van der Waals surface area contributed by atoms with Crippen molar-refractivity contribution < 1.29 is 19.7 Å². The molecule has 0 radical (unpaired) electrons. The second-order valence-corrected chi connectivity index (χ2v) is 4.66. The van der Waals surface area contributed by atoms with Gasteiger partial charge in [-0.25, -0.2) is 9.97 Å². The number of fused-ring (bicyclic) bond motifs is 1. The van der Waals surface area contributed by atoms with E-state index in [4.69, 9.17) is 10.5 Å². The summed E-state index contributed by atoms with van der Waals surface area (Å²) in [6, 6.07) is 0. The third kappa shape index (κ3) is 1.68. The van der Waals surface area contributed by atoms with Crippen LogP contribution in [0.1, 0.15) is 18.1 Å². The van der Waals surface area contributed by atoms with Crippen molar-refractivity contribution in [1.82, 2.24) is 19.6 Å². The summed E-state index contributed by atoms with van der Waals surface area (Å²) in [5.74, 6) is 0.170. The molecule has 9 nitrogen and oxygen atoms in total. The minimum atomic E-state index is -1.60. The van der Waals surface area contributed by atoms with E-state index in [0.717, 1.165) is 0 Å². The zero-order chi connectivity index (χ0) is 14.3. The predicted molar refractivity (Wildman–Crippen MR) is 65.5 cm³/mol. The molecule has 3 rings (SSSR count). The molecular formula is C11H13N5O4. The van der Waals surface area contributed by atoms with Crippen molar-refractivity contribution >= 4 is 17.9 Å². The van der Waals surface area contributed by atoms with Gasteiger partial charge in [-0.15, -0.1) is 0 Å². The molecular weight excluding hydrogens is 266 g/mol. The van der Waals surface area contributed by atoms with Gasteiger partial charge in [0, 0.05) is 12.0 Å². The first-order chi connectivity index (χ1) is 9.61. The van der Waals surface area contributed by atoms with Gasteiger partial charge in [0.25, 0.3) is 0 Å². The maximum absolute atomic E-state index is 11.1. The first-order valence-corrected chi connectivity index (χ1v) is 5.98. The van der Waals surface area contributed by atoms with Crippen LogP contribution in [-0.2, 0) is 9.53 Å². The van der Waals surface area contributed by atoms with Crippen LogP contribution in [0.4, 0.5) is 5.95 Å². The molecule has 0 spiro atoms. The van der Waals surface area contributed by atoms with E-state index in [2.05, 4.69) is 15.1 Å². The molecule has 0 unspecified atom stereocenters. The van der Waals surface area contributed by atoms with Crippen molar-refractivity contribution in [2.24, 2.45) is 0 Å². The fraction of sp³-hybridized carbons (Fsp3) is 0.455. The molecule has 3 heterocycles. The molecule has 9 heteroatoms. The first-order valence-electron chi connectivity index (χ1n) is 5.98. The number of anilines is 1. The van der Waals surface area contributed by atoms with Crippen LogP contribution in [0.3, 0.4) is 0 Å². The third-order valence-corrected chi connectivity index (χ3v) is 3.51. The van der Waals surface area contributed by atoms with Crippen molar-refractivity contribution in [2.75, 3.05) is 12.3 Å². The Bertz CT molecular complexity index is 659. The molecule has 0 aromatic carbocycles. The van der Waals surface area contributed by atoms with Gasteiger partial charge in [-0.3, -0.25) is 4.79 Å². The third-order valence-electron chi connectivity index (χ3n) is 3.51. The Balaban J connectivity index is 2.01. The normalized spacial score (nSPS) is 29.9. The maximum atomic E-state index is 11.1. The molecule has 0 aliphatic carbocycles. The van der Waals surface area contributed by atoms with Crippen LogP contribution in [0.2, 0.25) is 0 Å². The summed E-state index contributed by atoms with van der Waals surface area (Å²) in [5, 5.41) is 23.3. The van der Waals surface area contributed by atoms with Gasteiger partial charge in [-0.05, 0) is 0 Å². The number of carbonyl (C=O) groups excluding carboxylic acids is 1. The summed E-state index contributed by atoms with van der Waals surface area (Å²) in [6.45, 7) is -0.593. The number of aldehydes is 1. The Labute approximate surface area is 113 Å². The molecule has 2 aromatic heterocycles. The number of aromatic nitrogens is 4. The van der Waals surface area contributed by atoms with E-state index >= 15 is 0 Å². The smallest absolute Gasteiger partial charge is 0.224 e. The lowest BCUT2D eigenvalue weighted by atomic mass is 9.98. The lowest BCUT2D eigenvalue weighted by Gasteiger charge is -2.22. The maximum Gasteiger partial charge on any atom is 0.224 e. The van der Waals surface area contributed by atoms with E-state index in [-0.39, 0.29) is 12.4 Å². The lowest BCUT2D eigenvalue weighted by molar-refractivity contribution is -0.146. The molecule has 20 heavy (non-hydrogen) atoms. The highest BCUT2D eigenvalue weighted by atomic mass is 16.5. The molecule has 2 aromatic rings. The summed E-state index contributed by atoms with van der Waals surface area (Å²) in [7, 11) is 0. The van der Waals surface area contributed by atoms with Crippen molar-refractivity contribution in [3.8, 4) is 0 Å². The van der Waals surface area contributed by atoms with Crippen LogP contribution in [0.5, 0.6) is 0 Å². The number of ether oxygens (including phenoxy) is 1. The second kappa shape index (κ2) is 4.47. The Hall–Kier alpha value is -2.10. The van der Waals surface area contributed by atoms with Gasteiger partial charge in [0.2, 0.25) is 5.95 Å². The van der Waals surface area contributed by atoms with Gasteiger partial charge in [-0.1, -0.05) is 0 Å². The molecule has 3 atom stereocenters. The standard InChI is InChI=1S/C11H13N5O4/c12-10-14-5-13-9-6(2-15-16(9)10)7-1-8(19)11(3-17,4-18)20-7/h2-3,5,7-8,18-19H,1,4H2,(H2,12,13,14)/t7-,8+,11-/m1/s1. The molecule has 4 N–H and O–H groups in total. The summed E-state index contributed by atoms with van der Waals surface area (Å²) in [5.41, 5.74) is 5.08. The summed E-state index contributed by atoms with van der Waals surface area (Å²) in [4.78, 5) is 19.0. The Morgan fingerprint density at radius 3 is 3.05 bits per heavy atom. The lowest BCUT2D eigenvalue weighted by Crippen LogP contribution is -2.44. The first kappa shape index (κ1) is 12.9. The van der Waals surface area contributed by atoms with E-state index in [1.807, 2.05) is 0 Å². The molecule has 1 aliphatic rings. The highest BCUT2D eigenvalue weighted by Crippen LogP contribution is 2.39. The molecule has 106 valence electrons. The van der Waals surface area contributed by atoms with E-state index in [9.17, 15) is 15.0 Å². The Morgan fingerprint density at radius 1 is 1.60 bits per heavy atom. The fourth-order valence-corrected chi connectivity index (χ4v) is 2.35. The number of nitrogens with two attached hydrogens (primary N) is 1. The quantitative estimate of drug-likeness (QED) is 0.575. The molecule has 0 saturated carbocycles. The number of aliphatic hydroxyl groups is 2. The van der Waals surface area contributed by atoms with Gasteiger partial charge in [0.15, 0.2) is 17.5 Å².